The second-order valence-corrected chi connectivity index (χ2v) is 5.38. The molecule has 0 atom stereocenters. The number of amides is 1. The Bertz CT molecular complexity index is 756. The Morgan fingerprint density at radius 3 is 2.15 bits per heavy atom. The van der Waals surface area contributed by atoms with E-state index >= 15 is 0 Å². The third-order valence-electron chi connectivity index (χ3n) is 3.43. The molecule has 0 fully saturated rings. The lowest BCUT2D eigenvalue weighted by Gasteiger charge is -2.08. The molecule has 26 heavy (non-hydrogen) atoms. The van der Waals surface area contributed by atoms with Crippen molar-refractivity contribution in [2.24, 2.45) is 0 Å². The second-order valence-electron chi connectivity index (χ2n) is 5.38. The summed E-state index contributed by atoms with van der Waals surface area (Å²) >= 11 is 0. The minimum Gasteiger partial charge on any atom is -0.452 e. The molecule has 0 aliphatic heterocycles. The average molecular weight is 369 g/mol. The molecule has 4 nitrogen and oxygen atoms in total. The summed E-state index contributed by atoms with van der Waals surface area (Å²) in [7, 11) is 0. The van der Waals surface area contributed by atoms with Gasteiger partial charge in [0.25, 0.3) is 5.91 Å². The first-order valence-corrected chi connectivity index (χ1v) is 7.61. The van der Waals surface area contributed by atoms with Crippen LogP contribution in [0.1, 0.15) is 21.5 Å². The maximum absolute atomic E-state index is 12.8. The van der Waals surface area contributed by atoms with Gasteiger partial charge >= 0.3 is 12.1 Å². The van der Waals surface area contributed by atoms with Gasteiger partial charge in [-0.15, -0.1) is 0 Å². The third kappa shape index (κ3) is 5.87. The lowest BCUT2D eigenvalue weighted by atomic mass is 10.1. The molecule has 0 heterocycles. The van der Waals surface area contributed by atoms with Crippen molar-refractivity contribution in [2.45, 2.75) is 12.6 Å². The van der Waals surface area contributed by atoms with E-state index in [1.165, 1.54) is 12.1 Å². The number of halogens is 4. The highest BCUT2D eigenvalue weighted by atomic mass is 19.4. The van der Waals surface area contributed by atoms with Crippen LogP contribution in [0.25, 0.3) is 0 Å². The molecule has 0 saturated carbocycles. The average Bonchev–Trinajstić information content (AvgIpc) is 2.61. The smallest absolute Gasteiger partial charge is 0.416 e. The van der Waals surface area contributed by atoms with Gasteiger partial charge < -0.3 is 10.1 Å². The Morgan fingerprint density at radius 1 is 0.962 bits per heavy atom. The fourth-order valence-corrected chi connectivity index (χ4v) is 2.06. The third-order valence-corrected chi connectivity index (χ3v) is 3.43. The van der Waals surface area contributed by atoms with Crippen molar-refractivity contribution in [2.75, 3.05) is 13.2 Å². The summed E-state index contributed by atoms with van der Waals surface area (Å²) in [4.78, 5) is 23.3. The molecule has 2 aromatic carbocycles. The number of rotatable bonds is 6. The van der Waals surface area contributed by atoms with Gasteiger partial charge in [-0.25, -0.2) is 9.18 Å². The molecule has 0 spiro atoms. The Labute approximate surface area is 146 Å². The van der Waals surface area contributed by atoms with Crippen LogP contribution in [0.3, 0.4) is 0 Å². The summed E-state index contributed by atoms with van der Waals surface area (Å²) in [6.45, 7) is -0.286. The topological polar surface area (TPSA) is 55.4 Å². The standard InChI is InChI=1S/C18H15F4NO3/c19-15-7-1-12(2-8-15)9-10-23-16(24)11-26-17(25)13-3-5-14(6-4-13)18(20,21)22/h1-8H,9-11H2,(H,23,24). The number of benzene rings is 2. The lowest BCUT2D eigenvalue weighted by Crippen LogP contribution is -2.30. The van der Waals surface area contributed by atoms with Crippen LogP contribution in [-0.4, -0.2) is 25.0 Å². The zero-order chi connectivity index (χ0) is 19.2. The molecular formula is C18H15F4NO3. The van der Waals surface area contributed by atoms with E-state index in [0.717, 1.165) is 29.8 Å². The molecule has 2 rings (SSSR count). The summed E-state index contributed by atoms with van der Waals surface area (Å²) in [5, 5.41) is 2.52. The van der Waals surface area contributed by atoms with Crippen LogP contribution in [0.4, 0.5) is 17.6 Å². The van der Waals surface area contributed by atoms with Crippen molar-refractivity contribution >= 4 is 11.9 Å². The first-order valence-electron chi connectivity index (χ1n) is 7.61. The zero-order valence-corrected chi connectivity index (χ0v) is 13.5. The zero-order valence-electron chi connectivity index (χ0n) is 13.5. The molecule has 1 N–H and O–H groups in total. The number of carbonyl (C=O) groups excluding carboxylic acids is 2. The highest BCUT2D eigenvalue weighted by Crippen LogP contribution is 2.29. The fraction of sp³-hybridized carbons (Fsp3) is 0.222. The van der Waals surface area contributed by atoms with Gasteiger partial charge in [-0.1, -0.05) is 12.1 Å². The molecule has 138 valence electrons. The van der Waals surface area contributed by atoms with Gasteiger partial charge in [0.15, 0.2) is 6.61 Å². The normalized spacial score (nSPS) is 11.1. The quantitative estimate of drug-likeness (QED) is 0.628. The molecular weight excluding hydrogens is 354 g/mol. The molecule has 0 unspecified atom stereocenters. The van der Waals surface area contributed by atoms with Crippen molar-refractivity contribution in [1.82, 2.24) is 5.32 Å². The first-order chi connectivity index (χ1) is 12.3. The van der Waals surface area contributed by atoms with Gasteiger partial charge in [-0.05, 0) is 48.4 Å². The highest BCUT2D eigenvalue weighted by molar-refractivity contribution is 5.91. The van der Waals surface area contributed by atoms with Crippen molar-refractivity contribution in [3.05, 3.63) is 71.0 Å². The highest BCUT2D eigenvalue weighted by Gasteiger charge is 2.30. The predicted molar refractivity (Wildman–Crippen MR) is 84.8 cm³/mol. The van der Waals surface area contributed by atoms with E-state index in [0.29, 0.717) is 6.42 Å². The number of hydrogen-bond acceptors (Lipinski definition) is 3. The van der Waals surface area contributed by atoms with Crippen LogP contribution in [0.5, 0.6) is 0 Å². The maximum atomic E-state index is 12.8. The van der Waals surface area contributed by atoms with Gasteiger partial charge in [0.1, 0.15) is 5.82 Å². The van der Waals surface area contributed by atoms with Crippen LogP contribution in [0, 0.1) is 5.82 Å². The van der Waals surface area contributed by atoms with Gasteiger partial charge in [0, 0.05) is 6.54 Å². The number of esters is 1. The molecule has 0 saturated heterocycles. The molecule has 1 amide bonds. The predicted octanol–water partition coefficient (Wildman–Crippen LogP) is 3.36. The number of nitrogens with one attached hydrogen (secondary N) is 1. The van der Waals surface area contributed by atoms with Gasteiger partial charge in [0.05, 0.1) is 11.1 Å². The second kappa shape index (κ2) is 8.46. The molecule has 0 aromatic heterocycles. The molecule has 8 heteroatoms. The first kappa shape index (κ1) is 19.4. The van der Waals surface area contributed by atoms with E-state index in [-0.39, 0.29) is 17.9 Å². The molecule has 0 aliphatic carbocycles. The SMILES string of the molecule is O=C(COC(=O)c1ccc(C(F)(F)F)cc1)NCCc1ccc(F)cc1. The van der Waals surface area contributed by atoms with Crippen LogP contribution in [-0.2, 0) is 22.1 Å². The minimum atomic E-state index is -4.49. The summed E-state index contributed by atoms with van der Waals surface area (Å²) in [6.07, 6.45) is -4.02. The molecule has 2 aromatic rings. The summed E-state index contributed by atoms with van der Waals surface area (Å²) in [6, 6.07) is 9.29. The molecule has 0 aliphatic rings. The van der Waals surface area contributed by atoms with Gasteiger partial charge in [0.2, 0.25) is 0 Å². The van der Waals surface area contributed by atoms with E-state index < -0.39 is 30.2 Å². The Hall–Kier alpha value is -2.90. The molecule has 0 radical (unpaired) electrons. The van der Waals surface area contributed by atoms with Crippen LogP contribution in [0.2, 0.25) is 0 Å². The monoisotopic (exact) mass is 369 g/mol. The van der Waals surface area contributed by atoms with E-state index in [2.05, 4.69) is 5.32 Å². The van der Waals surface area contributed by atoms with Gasteiger partial charge in [-0.3, -0.25) is 4.79 Å². The summed E-state index contributed by atoms with van der Waals surface area (Å²) < 4.78 is 54.9. The Kier molecular flexibility index (Phi) is 6.32. The van der Waals surface area contributed by atoms with E-state index in [1.807, 2.05) is 0 Å². The number of ether oxygens (including phenoxy) is 1. The van der Waals surface area contributed by atoms with E-state index in [4.69, 9.17) is 4.74 Å². The van der Waals surface area contributed by atoms with Crippen molar-refractivity contribution in [1.29, 1.82) is 0 Å². The van der Waals surface area contributed by atoms with Crippen LogP contribution < -0.4 is 5.32 Å². The maximum Gasteiger partial charge on any atom is 0.416 e. The van der Waals surface area contributed by atoms with E-state index in [1.54, 1.807) is 12.1 Å². The largest absolute Gasteiger partial charge is 0.452 e. The Balaban J connectivity index is 1.74. The van der Waals surface area contributed by atoms with E-state index in [9.17, 15) is 27.2 Å². The van der Waals surface area contributed by atoms with Crippen molar-refractivity contribution < 1.29 is 31.9 Å². The number of hydrogen-bond donors (Lipinski definition) is 1. The fourth-order valence-electron chi connectivity index (χ4n) is 2.06. The summed E-state index contributed by atoms with van der Waals surface area (Å²) in [5.74, 6) is -1.80. The van der Waals surface area contributed by atoms with Crippen molar-refractivity contribution in [3.63, 3.8) is 0 Å². The number of alkyl halides is 3. The summed E-state index contributed by atoms with van der Waals surface area (Å²) in [5.41, 5.74) is -0.141. The van der Waals surface area contributed by atoms with Gasteiger partial charge in [-0.2, -0.15) is 13.2 Å². The Morgan fingerprint density at radius 2 is 1.58 bits per heavy atom. The van der Waals surface area contributed by atoms with Crippen LogP contribution in [0.15, 0.2) is 48.5 Å². The minimum absolute atomic E-state index is 0.0860. The lowest BCUT2D eigenvalue weighted by molar-refractivity contribution is -0.137. The van der Waals surface area contributed by atoms with Crippen molar-refractivity contribution in [3.8, 4) is 0 Å². The molecule has 0 bridgehead atoms. The number of carbonyl (C=O) groups is 2. The van der Waals surface area contributed by atoms with Crippen LogP contribution >= 0.6 is 0 Å².